The second kappa shape index (κ2) is 8.34. The summed E-state index contributed by atoms with van der Waals surface area (Å²) in [5.74, 6) is 0.859. The van der Waals surface area contributed by atoms with Crippen LogP contribution in [0.1, 0.15) is 30.2 Å². The van der Waals surface area contributed by atoms with Gasteiger partial charge in [-0.3, -0.25) is 0 Å². The zero-order chi connectivity index (χ0) is 16.6. The summed E-state index contributed by atoms with van der Waals surface area (Å²) in [6, 6.07) is 22.8. The molecule has 0 aliphatic heterocycles. The normalized spacial score (nSPS) is 10.7. The average molecular weight is 320 g/mol. The molecule has 0 saturated heterocycles. The lowest BCUT2D eigenvalue weighted by Gasteiger charge is -2.09. The van der Waals surface area contributed by atoms with Crippen LogP contribution in [0.25, 0.3) is 0 Å². The molecule has 0 aliphatic rings. The van der Waals surface area contributed by atoms with Crippen molar-refractivity contribution in [1.29, 1.82) is 0 Å². The molecule has 1 aromatic heterocycles. The van der Waals surface area contributed by atoms with Crippen LogP contribution in [-0.4, -0.2) is 9.78 Å². The molecule has 0 N–H and O–H groups in total. The third-order valence-electron chi connectivity index (χ3n) is 3.98. The maximum Gasteiger partial charge on any atom is 0.212 e. The topological polar surface area (TPSA) is 27.1 Å². The highest BCUT2D eigenvalue weighted by Gasteiger charge is 2.09. The number of aryl methyl sites for hydroxylation is 3. The van der Waals surface area contributed by atoms with E-state index in [1.54, 1.807) is 0 Å². The summed E-state index contributed by atoms with van der Waals surface area (Å²) in [5.41, 5.74) is 3.60. The Bertz CT molecular complexity index is 674. The molecule has 3 nitrogen and oxygen atoms in total. The van der Waals surface area contributed by atoms with Crippen molar-refractivity contribution in [3.05, 3.63) is 83.6 Å². The van der Waals surface area contributed by atoms with Gasteiger partial charge in [-0.15, -0.1) is 0 Å². The number of nitrogens with zero attached hydrogens (tertiary/aromatic N) is 2. The molecule has 2 aromatic carbocycles. The van der Waals surface area contributed by atoms with Gasteiger partial charge < -0.3 is 4.74 Å². The molecule has 0 aliphatic carbocycles. The summed E-state index contributed by atoms with van der Waals surface area (Å²) < 4.78 is 8.04. The van der Waals surface area contributed by atoms with Crippen molar-refractivity contribution in [1.82, 2.24) is 9.78 Å². The summed E-state index contributed by atoms with van der Waals surface area (Å²) in [5, 5.41) is 4.72. The first-order valence-electron chi connectivity index (χ1n) is 8.62. The van der Waals surface area contributed by atoms with Gasteiger partial charge >= 0.3 is 0 Å². The summed E-state index contributed by atoms with van der Waals surface area (Å²) in [7, 11) is 0. The standard InChI is InChI=1S/C21H24N2O/c1-2-9-20-16-21(24-17-19-12-7-4-8-13-19)23(22-20)15-14-18-10-5-3-6-11-18/h3-8,10-13,16H,2,9,14-15,17H2,1H3. The number of ether oxygens (including phenoxy) is 1. The Morgan fingerprint density at radius 1 is 0.875 bits per heavy atom. The van der Waals surface area contributed by atoms with Gasteiger partial charge in [-0.05, 0) is 24.0 Å². The van der Waals surface area contributed by atoms with E-state index in [4.69, 9.17) is 9.84 Å². The van der Waals surface area contributed by atoms with Gasteiger partial charge in [-0.25, -0.2) is 4.68 Å². The lowest BCUT2D eigenvalue weighted by molar-refractivity contribution is 0.272. The number of rotatable bonds is 8. The smallest absolute Gasteiger partial charge is 0.212 e. The van der Waals surface area contributed by atoms with Crippen molar-refractivity contribution in [2.24, 2.45) is 0 Å². The summed E-state index contributed by atoms with van der Waals surface area (Å²) >= 11 is 0. The molecule has 3 rings (SSSR count). The van der Waals surface area contributed by atoms with Crippen molar-refractivity contribution >= 4 is 0 Å². The van der Waals surface area contributed by atoms with Crippen LogP contribution >= 0.6 is 0 Å². The van der Waals surface area contributed by atoms with E-state index in [1.807, 2.05) is 28.9 Å². The van der Waals surface area contributed by atoms with Crippen LogP contribution in [0.4, 0.5) is 0 Å². The quantitative estimate of drug-likeness (QED) is 0.604. The molecule has 0 bridgehead atoms. The van der Waals surface area contributed by atoms with E-state index in [1.165, 1.54) is 11.1 Å². The van der Waals surface area contributed by atoms with E-state index < -0.39 is 0 Å². The highest BCUT2D eigenvalue weighted by atomic mass is 16.5. The molecule has 3 aromatic rings. The first-order chi connectivity index (χ1) is 11.8. The summed E-state index contributed by atoms with van der Waals surface area (Å²) in [6.45, 7) is 3.58. The van der Waals surface area contributed by atoms with Crippen molar-refractivity contribution in [2.75, 3.05) is 0 Å². The first kappa shape index (κ1) is 16.3. The first-order valence-corrected chi connectivity index (χ1v) is 8.62. The number of hydrogen-bond donors (Lipinski definition) is 0. The predicted molar refractivity (Wildman–Crippen MR) is 97.1 cm³/mol. The second-order valence-corrected chi connectivity index (χ2v) is 5.96. The van der Waals surface area contributed by atoms with Crippen LogP contribution in [-0.2, 0) is 26.0 Å². The highest BCUT2D eigenvalue weighted by Crippen LogP contribution is 2.18. The number of benzene rings is 2. The van der Waals surface area contributed by atoms with E-state index in [9.17, 15) is 0 Å². The SMILES string of the molecule is CCCc1cc(OCc2ccccc2)n(CCc2ccccc2)n1. The van der Waals surface area contributed by atoms with Gasteiger partial charge in [-0.1, -0.05) is 74.0 Å². The van der Waals surface area contributed by atoms with Gasteiger partial charge in [0.15, 0.2) is 0 Å². The molecular formula is C21H24N2O. The summed E-state index contributed by atoms with van der Waals surface area (Å²) in [6.07, 6.45) is 3.03. The van der Waals surface area contributed by atoms with Crippen LogP contribution in [0.5, 0.6) is 5.88 Å². The van der Waals surface area contributed by atoms with Crippen molar-refractivity contribution in [3.8, 4) is 5.88 Å². The Morgan fingerprint density at radius 2 is 1.54 bits per heavy atom. The lowest BCUT2D eigenvalue weighted by atomic mass is 10.1. The van der Waals surface area contributed by atoms with Crippen LogP contribution in [0, 0.1) is 0 Å². The molecule has 0 amide bonds. The largest absolute Gasteiger partial charge is 0.473 e. The van der Waals surface area contributed by atoms with Crippen molar-refractivity contribution < 1.29 is 4.74 Å². The zero-order valence-electron chi connectivity index (χ0n) is 14.2. The highest BCUT2D eigenvalue weighted by molar-refractivity contribution is 5.20. The van der Waals surface area contributed by atoms with Gasteiger partial charge in [0.05, 0.1) is 5.69 Å². The molecule has 1 heterocycles. The molecule has 0 radical (unpaired) electrons. The molecule has 0 spiro atoms. The number of hydrogen-bond acceptors (Lipinski definition) is 2. The molecule has 0 fully saturated rings. The van der Waals surface area contributed by atoms with E-state index in [-0.39, 0.29) is 0 Å². The fourth-order valence-corrected chi connectivity index (χ4v) is 2.72. The van der Waals surface area contributed by atoms with Crippen molar-refractivity contribution in [2.45, 2.75) is 39.3 Å². The molecule has 24 heavy (non-hydrogen) atoms. The minimum Gasteiger partial charge on any atom is -0.473 e. The maximum atomic E-state index is 6.04. The van der Waals surface area contributed by atoms with Gasteiger partial charge in [0.25, 0.3) is 0 Å². The lowest BCUT2D eigenvalue weighted by Crippen LogP contribution is -2.07. The van der Waals surface area contributed by atoms with E-state index >= 15 is 0 Å². The molecule has 0 saturated carbocycles. The van der Waals surface area contributed by atoms with E-state index in [2.05, 4.69) is 49.4 Å². The van der Waals surface area contributed by atoms with E-state index in [0.717, 1.165) is 37.4 Å². The van der Waals surface area contributed by atoms with Gasteiger partial charge in [0.1, 0.15) is 6.61 Å². The van der Waals surface area contributed by atoms with Gasteiger partial charge in [0, 0.05) is 12.6 Å². The number of aromatic nitrogens is 2. The Labute approximate surface area is 143 Å². The molecule has 0 unspecified atom stereocenters. The van der Waals surface area contributed by atoms with Crippen LogP contribution in [0.2, 0.25) is 0 Å². The Kier molecular flexibility index (Phi) is 5.67. The second-order valence-electron chi connectivity index (χ2n) is 5.96. The summed E-state index contributed by atoms with van der Waals surface area (Å²) in [4.78, 5) is 0. The van der Waals surface area contributed by atoms with E-state index in [0.29, 0.717) is 6.61 Å². The average Bonchev–Trinajstić information content (AvgIpc) is 3.02. The fraction of sp³-hybridized carbons (Fsp3) is 0.286. The van der Waals surface area contributed by atoms with Crippen molar-refractivity contribution in [3.63, 3.8) is 0 Å². The molecule has 3 heteroatoms. The molecule has 124 valence electrons. The fourth-order valence-electron chi connectivity index (χ4n) is 2.72. The molecule has 0 atom stereocenters. The Hall–Kier alpha value is -2.55. The van der Waals surface area contributed by atoms with Crippen LogP contribution in [0.15, 0.2) is 66.7 Å². The third-order valence-corrected chi connectivity index (χ3v) is 3.98. The third kappa shape index (κ3) is 4.48. The monoisotopic (exact) mass is 320 g/mol. The van der Waals surface area contributed by atoms with Gasteiger partial charge in [-0.2, -0.15) is 5.10 Å². The van der Waals surface area contributed by atoms with Crippen LogP contribution in [0.3, 0.4) is 0 Å². The zero-order valence-corrected chi connectivity index (χ0v) is 14.2. The predicted octanol–water partition coefficient (Wildman–Crippen LogP) is 4.66. The minimum atomic E-state index is 0.573. The van der Waals surface area contributed by atoms with Gasteiger partial charge in [0.2, 0.25) is 5.88 Å². The maximum absolute atomic E-state index is 6.04. The Balaban J connectivity index is 1.69. The Morgan fingerprint density at radius 3 is 2.21 bits per heavy atom. The molecular weight excluding hydrogens is 296 g/mol. The van der Waals surface area contributed by atoms with Crippen LogP contribution < -0.4 is 4.74 Å². The minimum absolute atomic E-state index is 0.573.